The summed E-state index contributed by atoms with van der Waals surface area (Å²) in [5.41, 5.74) is -2.17. The van der Waals surface area contributed by atoms with Crippen molar-refractivity contribution in [3.63, 3.8) is 0 Å². The van der Waals surface area contributed by atoms with Crippen LogP contribution in [0.2, 0.25) is 0 Å². The van der Waals surface area contributed by atoms with E-state index in [0.717, 1.165) is 18.2 Å². The standard InChI is InChI=1S/C31H35F5N6O2/c1-16-12-41(13-17(2)40(16)5)25-9-24(33)26(20-10-37-31(38-11-20)42-14-18(3)44-19(4)15-42)27(34)28(25)39-30(43)22-7-6-21(32)8-23(22)29(35)36/h6-11,16-19,29H,12-15H2,1-5H3,(H,39,43)/t16-,17+,18-,19+. The lowest BCUT2D eigenvalue weighted by Gasteiger charge is -2.44. The first-order valence-corrected chi connectivity index (χ1v) is 14.4. The first-order valence-electron chi connectivity index (χ1n) is 14.4. The third kappa shape index (κ3) is 6.34. The molecular formula is C31H35F5N6O2. The van der Waals surface area contributed by atoms with Crippen LogP contribution in [-0.4, -0.2) is 78.3 Å². The molecule has 0 saturated carbocycles. The number of amides is 1. The molecule has 5 rings (SSSR count). The molecule has 4 atom stereocenters. The van der Waals surface area contributed by atoms with Gasteiger partial charge in [0.15, 0.2) is 5.82 Å². The molecule has 1 amide bonds. The topological polar surface area (TPSA) is 73.8 Å². The van der Waals surface area contributed by atoms with Crippen molar-refractivity contribution in [1.82, 2.24) is 14.9 Å². The number of rotatable bonds is 6. The van der Waals surface area contributed by atoms with E-state index in [9.17, 15) is 18.0 Å². The van der Waals surface area contributed by atoms with Gasteiger partial charge in [0.25, 0.3) is 12.3 Å². The fourth-order valence-corrected chi connectivity index (χ4v) is 5.90. The van der Waals surface area contributed by atoms with Crippen molar-refractivity contribution in [3.05, 3.63) is 65.2 Å². The minimum absolute atomic E-state index is 0.00204. The summed E-state index contributed by atoms with van der Waals surface area (Å²) in [6.07, 6.45) is -0.666. The Balaban J connectivity index is 1.57. The third-order valence-electron chi connectivity index (χ3n) is 8.26. The molecule has 0 aliphatic carbocycles. The molecule has 1 N–H and O–H groups in total. The summed E-state index contributed by atoms with van der Waals surface area (Å²) in [6, 6.07) is 3.47. The molecule has 0 bridgehead atoms. The summed E-state index contributed by atoms with van der Waals surface area (Å²) in [7, 11) is 1.95. The van der Waals surface area contributed by atoms with E-state index < -0.39 is 46.5 Å². The minimum Gasteiger partial charge on any atom is -0.372 e. The smallest absolute Gasteiger partial charge is 0.264 e. The maximum absolute atomic E-state index is 16.5. The highest BCUT2D eigenvalue weighted by Gasteiger charge is 2.32. The largest absolute Gasteiger partial charge is 0.372 e. The second kappa shape index (κ2) is 12.6. The number of hydrogen-bond acceptors (Lipinski definition) is 7. The minimum atomic E-state index is -3.16. The molecule has 1 aromatic heterocycles. The van der Waals surface area contributed by atoms with E-state index in [1.807, 2.05) is 39.6 Å². The molecule has 0 spiro atoms. The van der Waals surface area contributed by atoms with Crippen molar-refractivity contribution in [2.45, 2.75) is 58.4 Å². The van der Waals surface area contributed by atoms with Crippen LogP contribution in [-0.2, 0) is 4.74 Å². The zero-order valence-electron chi connectivity index (χ0n) is 25.1. The molecule has 13 heteroatoms. The molecule has 2 saturated heterocycles. The van der Waals surface area contributed by atoms with E-state index in [2.05, 4.69) is 20.2 Å². The van der Waals surface area contributed by atoms with E-state index in [1.54, 1.807) is 4.90 Å². The van der Waals surface area contributed by atoms with Gasteiger partial charge in [-0.3, -0.25) is 9.69 Å². The average Bonchev–Trinajstić information content (AvgIpc) is 2.96. The van der Waals surface area contributed by atoms with Gasteiger partial charge in [0, 0.05) is 73.4 Å². The van der Waals surface area contributed by atoms with Gasteiger partial charge in [-0.1, -0.05) is 0 Å². The van der Waals surface area contributed by atoms with Crippen molar-refractivity contribution < 1.29 is 31.5 Å². The van der Waals surface area contributed by atoms with E-state index in [-0.39, 0.29) is 41.2 Å². The Labute approximate surface area is 252 Å². The van der Waals surface area contributed by atoms with Crippen LogP contribution in [0.4, 0.5) is 39.3 Å². The average molecular weight is 619 g/mol. The second-order valence-corrected chi connectivity index (χ2v) is 11.6. The number of nitrogens with zero attached hydrogens (tertiary/aromatic N) is 5. The van der Waals surface area contributed by atoms with Gasteiger partial charge >= 0.3 is 0 Å². The van der Waals surface area contributed by atoms with Gasteiger partial charge in [-0.15, -0.1) is 0 Å². The summed E-state index contributed by atoms with van der Waals surface area (Å²) >= 11 is 0. The monoisotopic (exact) mass is 618 g/mol. The number of piperazine rings is 1. The van der Waals surface area contributed by atoms with E-state index in [0.29, 0.717) is 38.2 Å². The lowest BCUT2D eigenvalue weighted by molar-refractivity contribution is -0.00572. The number of morpholine rings is 1. The van der Waals surface area contributed by atoms with Crippen LogP contribution in [0.5, 0.6) is 0 Å². The summed E-state index contributed by atoms with van der Waals surface area (Å²) in [5, 5.41) is 2.40. The highest BCUT2D eigenvalue weighted by atomic mass is 19.3. The van der Waals surface area contributed by atoms with Crippen LogP contribution in [0.1, 0.15) is 50.0 Å². The van der Waals surface area contributed by atoms with Crippen molar-refractivity contribution in [2.75, 3.05) is 48.3 Å². The Hall–Kier alpha value is -3.84. The van der Waals surface area contributed by atoms with Crippen LogP contribution < -0.4 is 15.1 Å². The molecule has 3 aromatic rings. The summed E-state index contributed by atoms with van der Waals surface area (Å²) in [5.74, 6) is -3.68. The number of benzene rings is 2. The number of likely N-dealkylation sites (N-methyl/N-ethyl adjacent to an activating group) is 1. The molecule has 44 heavy (non-hydrogen) atoms. The van der Waals surface area contributed by atoms with Gasteiger partial charge in [-0.25, -0.2) is 31.9 Å². The lowest BCUT2D eigenvalue weighted by atomic mass is 10.0. The SMILES string of the molecule is C[C@@H]1CN(c2ncc(-c3c(F)cc(N4C[C@@H](C)N(C)[C@@H](C)C4)c(NC(=O)c4ccc(F)cc4C(F)F)c3F)cn2)C[C@H](C)O1. The van der Waals surface area contributed by atoms with Gasteiger partial charge in [-0.2, -0.15) is 0 Å². The predicted octanol–water partition coefficient (Wildman–Crippen LogP) is 5.89. The fraction of sp³-hybridized carbons (Fsp3) is 0.452. The van der Waals surface area contributed by atoms with Gasteiger partial charge in [0.1, 0.15) is 17.3 Å². The van der Waals surface area contributed by atoms with E-state index in [1.165, 1.54) is 12.4 Å². The van der Waals surface area contributed by atoms with E-state index in [4.69, 9.17) is 4.74 Å². The molecular weight excluding hydrogens is 583 g/mol. The van der Waals surface area contributed by atoms with Crippen LogP contribution in [0.15, 0.2) is 36.7 Å². The highest BCUT2D eigenvalue weighted by Crippen LogP contribution is 2.40. The Morgan fingerprint density at radius 2 is 1.55 bits per heavy atom. The molecule has 0 radical (unpaired) electrons. The van der Waals surface area contributed by atoms with E-state index >= 15 is 8.78 Å². The fourth-order valence-electron chi connectivity index (χ4n) is 5.90. The zero-order valence-corrected chi connectivity index (χ0v) is 25.1. The predicted molar refractivity (Wildman–Crippen MR) is 158 cm³/mol. The Bertz CT molecular complexity index is 1500. The number of hydrogen-bond donors (Lipinski definition) is 1. The number of carbonyl (C=O) groups excluding carboxylic acids is 1. The molecule has 2 aromatic carbocycles. The number of aromatic nitrogens is 2. The number of anilines is 3. The molecule has 3 heterocycles. The lowest BCUT2D eigenvalue weighted by Crippen LogP contribution is -2.55. The maximum atomic E-state index is 16.5. The highest BCUT2D eigenvalue weighted by molar-refractivity contribution is 6.07. The number of carbonyl (C=O) groups is 1. The number of halogens is 5. The van der Waals surface area contributed by atoms with Gasteiger partial charge in [0.2, 0.25) is 5.95 Å². The molecule has 8 nitrogen and oxygen atoms in total. The second-order valence-electron chi connectivity index (χ2n) is 11.6. The Morgan fingerprint density at radius 1 is 0.932 bits per heavy atom. The van der Waals surface area contributed by atoms with Gasteiger partial charge in [0.05, 0.1) is 23.5 Å². The summed E-state index contributed by atoms with van der Waals surface area (Å²) in [6.45, 7) is 9.64. The summed E-state index contributed by atoms with van der Waals surface area (Å²) < 4.78 is 79.2. The molecule has 2 aliphatic rings. The quantitative estimate of drug-likeness (QED) is 0.346. The number of alkyl halides is 2. The van der Waals surface area contributed by atoms with Crippen LogP contribution >= 0.6 is 0 Å². The number of ether oxygens (including phenoxy) is 1. The van der Waals surface area contributed by atoms with Crippen molar-refractivity contribution in [2.24, 2.45) is 0 Å². The maximum Gasteiger partial charge on any atom is 0.264 e. The third-order valence-corrected chi connectivity index (χ3v) is 8.26. The Morgan fingerprint density at radius 3 is 2.14 bits per heavy atom. The van der Waals surface area contributed by atoms with Crippen molar-refractivity contribution >= 4 is 23.2 Å². The molecule has 0 unspecified atom stereocenters. The summed E-state index contributed by atoms with van der Waals surface area (Å²) in [4.78, 5) is 27.8. The van der Waals surface area contributed by atoms with Gasteiger partial charge in [-0.05, 0) is 52.9 Å². The Kier molecular flexibility index (Phi) is 9.07. The first-order chi connectivity index (χ1) is 20.8. The molecule has 2 aliphatic heterocycles. The number of nitrogens with one attached hydrogen (secondary N) is 1. The van der Waals surface area contributed by atoms with Crippen molar-refractivity contribution in [3.8, 4) is 11.1 Å². The van der Waals surface area contributed by atoms with Gasteiger partial charge < -0.3 is 19.9 Å². The van der Waals surface area contributed by atoms with Crippen LogP contribution in [0.25, 0.3) is 11.1 Å². The first kappa shape index (κ1) is 31.6. The molecule has 2 fully saturated rings. The van der Waals surface area contributed by atoms with Crippen LogP contribution in [0.3, 0.4) is 0 Å². The normalized spacial score (nSPS) is 22.9. The zero-order chi connectivity index (χ0) is 31.9. The van der Waals surface area contributed by atoms with Crippen molar-refractivity contribution in [1.29, 1.82) is 0 Å². The molecule has 236 valence electrons. The van der Waals surface area contributed by atoms with Crippen LogP contribution in [0, 0.1) is 17.5 Å².